The van der Waals surface area contributed by atoms with E-state index in [2.05, 4.69) is 103 Å². The summed E-state index contributed by atoms with van der Waals surface area (Å²) in [4.78, 5) is 16.1. The van der Waals surface area contributed by atoms with Gasteiger partial charge in [-0.2, -0.15) is 0 Å². The van der Waals surface area contributed by atoms with Crippen LogP contribution in [-0.4, -0.2) is 24.4 Å². The monoisotopic (exact) mass is 447 g/mol. The molecule has 0 N–H and O–H groups in total. The Morgan fingerprint density at radius 1 is 0.613 bits per heavy atom. The molecule has 0 spiro atoms. The van der Waals surface area contributed by atoms with Gasteiger partial charge in [-0.1, -0.05) is 48.6 Å². The number of hydrogen-bond acceptors (Lipinski definition) is 5. The molecular weight excluding hydrogens is 418 g/mol. The van der Waals surface area contributed by atoms with Crippen LogP contribution in [0.4, 0.5) is 0 Å². The molecule has 0 aliphatic carbocycles. The lowest BCUT2D eigenvalue weighted by atomic mass is 10.2. The van der Waals surface area contributed by atoms with E-state index in [1.54, 1.807) is 0 Å². The van der Waals surface area contributed by atoms with Gasteiger partial charge in [0.15, 0.2) is 11.6 Å². The summed E-state index contributed by atoms with van der Waals surface area (Å²) in [6, 6.07) is 20.8. The second kappa shape index (κ2) is 10.3. The van der Waals surface area contributed by atoms with E-state index in [0.717, 1.165) is 5.82 Å². The van der Waals surface area contributed by atoms with E-state index in [9.17, 15) is 0 Å². The molecule has 3 rings (SSSR count). The molecule has 31 heavy (non-hydrogen) atoms. The zero-order chi connectivity index (χ0) is 22.3. The van der Waals surface area contributed by atoms with Crippen LogP contribution in [0.2, 0.25) is 0 Å². The van der Waals surface area contributed by atoms with Crippen LogP contribution in [0.1, 0.15) is 45.2 Å². The van der Waals surface area contributed by atoms with Crippen molar-refractivity contribution in [2.45, 2.75) is 53.9 Å². The number of thioether (sulfide) groups is 2. The highest BCUT2D eigenvalue weighted by Gasteiger charge is 2.17. The molecule has 0 unspecified atom stereocenters. The van der Waals surface area contributed by atoms with E-state index in [-0.39, 0.29) is 9.49 Å². The van der Waals surface area contributed by atoms with E-state index in [1.165, 1.54) is 9.79 Å². The Bertz CT molecular complexity index is 961. The number of aryl methyl sites for hydroxylation is 1. The van der Waals surface area contributed by atoms with Crippen LogP contribution >= 0.6 is 23.5 Å². The van der Waals surface area contributed by atoms with E-state index in [4.69, 9.17) is 0 Å². The molecule has 3 aromatic rings. The molecule has 0 aliphatic heterocycles. The molecule has 0 saturated carbocycles. The van der Waals surface area contributed by atoms with E-state index in [1.807, 2.05) is 54.7 Å². The first-order valence-corrected chi connectivity index (χ1v) is 11.9. The second-order valence-corrected chi connectivity index (χ2v) is 11.8. The van der Waals surface area contributed by atoms with Crippen LogP contribution in [0.3, 0.4) is 0 Å². The third-order valence-corrected chi connectivity index (χ3v) is 6.64. The maximum atomic E-state index is 4.64. The highest BCUT2D eigenvalue weighted by molar-refractivity contribution is 8.01. The predicted molar refractivity (Wildman–Crippen MR) is 135 cm³/mol. The minimum absolute atomic E-state index is 0.0772. The highest BCUT2D eigenvalue weighted by atomic mass is 32.2. The van der Waals surface area contributed by atoms with Crippen LogP contribution < -0.4 is 0 Å². The topological polar surface area (TPSA) is 38.7 Å². The minimum Gasteiger partial charge on any atom is -0.214 e. The van der Waals surface area contributed by atoms with Crippen molar-refractivity contribution >= 4 is 35.7 Å². The molecule has 0 fully saturated rings. The molecule has 160 valence electrons. The average Bonchev–Trinajstić information content (AvgIpc) is 2.72. The fourth-order valence-corrected chi connectivity index (χ4v) is 4.95. The van der Waals surface area contributed by atoms with Gasteiger partial charge in [0.2, 0.25) is 0 Å². The maximum Gasteiger partial charge on any atom is 0.156 e. The van der Waals surface area contributed by atoms with Gasteiger partial charge in [-0.15, -0.1) is 23.5 Å². The number of nitrogens with zero attached hydrogens (tertiary/aromatic N) is 3. The third kappa shape index (κ3) is 8.00. The maximum absolute atomic E-state index is 4.64. The highest BCUT2D eigenvalue weighted by Crippen LogP contribution is 2.34. The summed E-state index contributed by atoms with van der Waals surface area (Å²) in [5.41, 5.74) is 0. The molecule has 3 nitrogen and oxygen atoms in total. The van der Waals surface area contributed by atoms with Crippen molar-refractivity contribution in [3.8, 4) is 0 Å². The molecule has 0 amide bonds. The Morgan fingerprint density at radius 3 is 1.39 bits per heavy atom. The number of hydrogen-bond donors (Lipinski definition) is 0. The molecule has 0 atom stereocenters. The molecule has 0 saturated heterocycles. The predicted octanol–water partition coefficient (Wildman–Crippen LogP) is 7.35. The van der Waals surface area contributed by atoms with Crippen molar-refractivity contribution in [3.05, 3.63) is 90.3 Å². The lowest BCUT2D eigenvalue weighted by Gasteiger charge is -2.19. The van der Waals surface area contributed by atoms with Crippen LogP contribution in [0.5, 0.6) is 0 Å². The number of aromatic nitrogens is 3. The summed E-state index contributed by atoms with van der Waals surface area (Å²) in [6.45, 7) is 10.7. The molecule has 2 aromatic carbocycles. The average molecular weight is 448 g/mol. The van der Waals surface area contributed by atoms with Gasteiger partial charge in [-0.25, -0.2) is 15.0 Å². The molecule has 5 heteroatoms. The molecule has 1 heterocycles. The molecule has 1 aromatic heterocycles. The minimum atomic E-state index is -0.0772. The lowest BCUT2D eigenvalue weighted by molar-refractivity contribution is 0.890. The van der Waals surface area contributed by atoms with Gasteiger partial charge in [0.05, 0.1) is 0 Å². The zero-order valence-corrected chi connectivity index (χ0v) is 20.4. The largest absolute Gasteiger partial charge is 0.214 e. The summed E-state index contributed by atoms with van der Waals surface area (Å²) in [7, 11) is 0. The summed E-state index contributed by atoms with van der Waals surface area (Å²) < 4.78 is -0.154. The first kappa shape index (κ1) is 23.3. The van der Waals surface area contributed by atoms with Crippen LogP contribution in [0.25, 0.3) is 12.2 Å². The number of rotatable bonds is 8. The molecule has 0 bridgehead atoms. The zero-order valence-electron chi connectivity index (χ0n) is 18.7. The van der Waals surface area contributed by atoms with Crippen LogP contribution in [0.15, 0.2) is 82.6 Å². The normalized spacial score (nSPS) is 12.7. The Morgan fingerprint density at radius 2 is 1.00 bits per heavy atom. The Balaban J connectivity index is 1.72. The third-order valence-electron chi connectivity index (χ3n) is 4.30. The second-order valence-electron chi connectivity index (χ2n) is 8.30. The lowest BCUT2D eigenvalue weighted by Crippen LogP contribution is -2.11. The number of benzene rings is 2. The summed E-state index contributed by atoms with van der Waals surface area (Å²) >= 11 is 3.63. The van der Waals surface area contributed by atoms with Gasteiger partial charge in [0.25, 0.3) is 0 Å². The van der Waals surface area contributed by atoms with Gasteiger partial charge < -0.3 is 0 Å². The van der Waals surface area contributed by atoms with Gasteiger partial charge in [0.1, 0.15) is 5.82 Å². The fraction of sp³-hybridized carbons (Fsp3) is 0.269. The fourth-order valence-electron chi connectivity index (χ4n) is 2.88. The van der Waals surface area contributed by atoms with Crippen molar-refractivity contribution < 1.29 is 0 Å². The summed E-state index contributed by atoms with van der Waals surface area (Å²) in [6.07, 6.45) is 8.29. The van der Waals surface area contributed by atoms with Crippen molar-refractivity contribution in [2.24, 2.45) is 0 Å². The van der Waals surface area contributed by atoms with Crippen LogP contribution in [0, 0.1) is 6.92 Å². The Kier molecular flexibility index (Phi) is 7.74. The first-order valence-electron chi connectivity index (χ1n) is 10.3. The van der Waals surface area contributed by atoms with Crippen molar-refractivity contribution in [1.82, 2.24) is 15.0 Å². The van der Waals surface area contributed by atoms with E-state index in [0.29, 0.717) is 11.6 Å². The van der Waals surface area contributed by atoms with Crippen LogP contribution in [-0.2, 0) is 0 Å². The van der Waals surface area contributed by atoms with Crippen molar-refractivity contribution in [3.63, 3.8) is 0 Å². The van der Waals surface area contributed by atoms with Gasteiger partial charge in [-0.3, -0.25) is 0 Å². The van der Waals surface area contributed by atoms with Gasteiger partial charge >= 0.3 is 0 Å². The first-order chi connectivity index (χ1) is 14.7. The van der Waals surface area contributed by atoms with Gasteiger partial charge in [-0.05, 0) is 71.0 Å². The van der Waals surface area contributed by atoms with E-state index >= 15 is 0 Å². The quantitative estimate of drug-likeness (QED) is 0.338. The standard InChI is InChI=1S/C26H29N3S2/c1-20-27-23(16-18-25(2,3)30-21-12-8-6-9-13-21)29-24(28-20)17-19-26(4,5)31-22-14-10-7-11-15-22/h6-19H,1-5H3/b18-16+,19-17+. The smallest absolute Gasteiger partial charge is 0.156 e. The molecule has 0 radical (unpaired) electrons. The van der Waals surface area contributed by atoms with Crippen molar-refractivity contribution in [1.29, 1.82) is 0 Å². The molecule has 0 aliphatic rings. The van der Waals surface area contributed by atoms with Gasteiger partial charge in [0, 0.05) is 19.3 Å². The molecular formula is C26H29N3S2. The summed E-state index contributed by atoms with van der Waals surface area (Å²) in [5.74, 6) is 2.08. The SMILES string of the molecule is Cc1nc(/C=C/C(C)(C)Sc2ccccc2)nc(/C=C/C(C)(C)Sc2ccccc2)n1. The summed E-state index contributed by atoms with van der Waals surface area (Å²) in [5, 5.41) is 0. The van der Waals surface area contributed by atoms with Crippen molar-refractivity contribution in [2.75, 3.05) is 0 Å². The Hall–Kier alpha value is -2.37. The Labute approximate surface area is 194 Å². The van der Waals surface area contributed by atoms with E-state index < -0.39 is 0 Å².